The minimum absolute atomic E-state index is 0.116. The summed E-state index contributed by atoms with van der Waals surface area (Å²) in [6.45, 7) is 8.81. The molecule has 2 N–H and O–H groups in total. The van der Waals surface area contributed by atoms with Crippen LogP contribution in [0.3, 0.4) is 0 Å². The molecule has 0 spiro atoms. The van der Waals surface area contributed by atoms with Crippen molar-refractivity contribution in [1.29, 1.82) is 0 Å². The van der Waals surface area contributed by atoms with Gasteiger partial charge in [0.05, 0.1) is 0 Å². The molecule has 0 heterocycles. The lowest BCUT2D eigenvalue weighted by molar-refractivity contribution is 0.171. The van der Waals surface area contributed by atoms with Crippen LogP contribution in [0, 0.1) is 0 Å². The fourth-order valence-corrected chi connectivity index (χ4v) is 2.75. The smallest absolute Gasteiger partial charge is 0.0496 e. The summed E-state index contributed by atoms with van der Waals surface area (Å²) in [5.41, 5.74) is 7.55. The highest BCUT2D eigenvalue weighted by molar-refractivity contribution is 6.30. The zero-order chi connectivity index (χ0) is 15.0. The molecule has 0 saturated heterocycles. The second-order valence-electron chi connectivity index (χ2n) is 5.60. The number of unbranched alkanes of at least 4 members (excludes halogenated alkanes) is 2. The minimum atomic E-state index is 0.116. The fourth-order valence-electron chi connectivity index (χ4n) is 2.62. The zero-order valence-electron chi connectivity index (χ0n) is 13.1. The van der Waals surface area contributed by atoms with Crippen molar-refractivity contribution in [3.63, 3.8) is 0 Å². The molecule has 2 atom stereocenters. The third-order valence-corrected chi connectivity index (χ3v) is 3.95. The van der Waals surface area contributed by atoms with Gasteiger partial charge in [-0.1, -0.05) is 50.4 Å². The van der Waals surface area contributed by atoms with Crippen molar-refractivity contribution >= 4 is 11.6 Å². The molecule has 0 amide bonds. The van der Waals surface area contributed by atoms with Crippen LogP contribution < -0.4 is 5.73 Å². The molecule has 0 radical (unpaired) electrons. The summed E-state index contributed by atoms with van der Waals surface area (Å²) in [5, 5.41) is 0.783. The summed E-state index contributed by atoms with van der Waals surface area (Å²) >= 11 is 6.00. The molecular weight excluding hydrogens is 268 g/mol. The van der Waals surface area contributed by atoms with Gasteiger partial charge in [-0.15, -0.1) is 0 Å². The number of hydrogen-bond donors (Lipinski definition) is 1. The zero-order valence-corrected chi connectivity index (χ0v) is 13.9. The van der Waals surface area contributed by atoms with Gasteiger partial charge in [0.25, 0.3) is 0 Å². The first-order valence-electron chi connectivity index (χ1n) is 7.85. The van der Waals surface area contributed by atoms with E-state index in [2.05, 4.69) is 37.8 Å². The summed E-state index contributed by atoms with van der Waals surface area (Å²) in [7, 11) is 0. The Bertz CT molecular complexity index is 354. The number of nitrogens with two attached hydrogens (primary N) is 1. The summed E-state index contributed by atoms with van der Waals surface area (Å²) in [6, 6.07) is 8.55. The van der Waals surface area contributed by atoms with E-state index in [1.165, 1.54) is 31.2 Å². The number of nitrogens with zero attached hydrogens (tertiary/aromatic N) is 1. The Kier molecular flexibility index (Phi) is 8.20. The molecule has 0 aliphatic rings. The average molecular weight is 297 g/mol. The summed E-state index contributed by atoms with van der Waals surface area (Å²) in [4.78, 5) is 2.54. The Morgan fingerprint density at radius 1 is 1.05 bits per heavy atom. The maximum Gasteiger partial charge on any atom is 0.0496 e. The number of halogens is 1. The average Bonchev–Trinajstić information content (AvgIpc) is 2.43. The van der Waals surface area contributed by atoms with Gasteiger partial charge in [0.1, 0.15) is 0 Å². The first kappa shape index (κ1) is 17.5. The van der Waals surface area contributed by atoms with Crippen LogP contribution in [-0.4, -0.2) is 24.0 Å². The van der Waals surface area contributed by atoms with Gasteiger partial charge in [-0.05, 0) is 50.6 Å². The Hall–Kier alpha value is -0.570. The van der Waals surface area contributed by atoms with Crippen LogP contribution in [0.2, 0.25) is 5.02 Å². The van der Waals surface area contributed by atoms with Gasteiger partial charge in [-0.3, -0.25) is 4.90 Å². The van der Waals surface area contributed by atoms with Gasteiger partial charge in [0.2, 0.25) is 0 Å². The van der Waals surface area contributed by atoms with E-state index in [9.17, 15) is 0 Å². The van der Waals surface area contributed by atoms with E-state index in [-0.39, 0.29) is 12.1 Å². The maximum atomic E-state index is 6.28. The molecule has 0 aliphatic carbocycles. The second kappa shape index (κ2) is 9.38. The highest BCUT2D eigenvalue weighted by Gasteiger charge is 2.23. The van der Waals surface area contributed by atoms with E-state index in [0.717, 1.165) is 18.1 Å². The van der Waals surface area contributed by atoms with Crippen molar-refractivity contribution in [3.05, 3.63) is 34.9 Å². The van der Waals surface area contributed by atoms with Crippen LogP contribution in [0.25, 0.3) is 0 Å². The Labute approximate surface area is 129 Å². The molecule has 3 heteroatoms. The van der Waals surface area contributed by atoms with Crippen LogP contribution in [0.4, 0.5) is 0 Å². The number of benzene rings is 1. The molecular formula is C17H29ClN2. The predicted octanol–water partition coefficient (Wildman–Crippen LogP) is 4.63. The largest absolute Gasteiger partial charge is 0.326 e. The van der Waals surface area contributed by atoms with Gasteiger partial charge in [0.15, 0.2) is 0 Å². The SMILES string of the molecule is CCCCN(CCCC)C(c1ccc(Cl)cc1)C(C)N. The third-order valence-electron chi connectivity index (χ3n) is 3.70. The van der Waals surface area contributed by atoms with Crippen LogP contribution in [0.5, 0.6) is 0 Å². The highest BCUT2D eigenvalue weighted by atomic mass is 35.5. The van der Waals surface area contributed by atoms with Crippen LogP contribution >= 0.6 is 11.6 Å². The monoisotopic (exact) mass is 296 g/mol. The Balaban J connectivity index is 2.90. The molecule has 0 fully saturated rings. The van der Waals surface area contributed by atoms with Crippen molar-refractivity contribution in [2.24, 2.45) is 5.73 Å². The lowest BCUT2D eigenvalue weighted by atomic mass is 9.98. The third kappa shape index (κ3) is 5.43. The molecule has 2 unspecified atom stereocenters. The van der Waals surface area contributed by atoms with E-state index in [0.29, 0.717) is 0 Å². The van der Waals surface area contributed by atoms with E-state index in [1.54, 1.807) is 0 Å². The Morgan fingerprint density at radius 3 is 1.95 bits per heavy atom. The predicted molar refractivity (Wildman–Crippen MR) is 89.2 cm³/mol. The molecule has 0 bridgehead atoms. The molecule has 0 saturated carbocycles. The van der Waals surface area contributed by atoms with Crippen LogP contribution in [0.15, 0.2) is 24.3 Å². The minimum Gasteiger partial charge on any atom is -0.326 e. The lowest BCUT2D eigenvalue weighted by Crippen LogP contribution is -2.40. The number of rotatable bonds is 9. The molecule has 20 heavy (non-hydrogen) atoms. The summed E-state index contributed by atoms with van der Waals surface area (Å²) in [6.07, 6.45) is 4.88. The summed E-state index contributed by atoms with van der Waals surface area (Å²) in [5.74, 6) is 0. The molecule has 0 aromatic heterocycles. The standard InChI is InChI=1S/C17H29ClN2/c1-4-6-12-20(13-7-5-2)17(14(3)19)15-8-10-16(18)11-9-15/h8-11,14,17H,4-7,12-13,19H2,1-3H3. The lowest BCUT2D eigenvalue weighted by Gasteiger charge is -2.35. The molecule has 1 rings (SSSR count). The molecule has 2 nitrogen and oxygen atoms in total. The van der Waals surface area contributed by atoms with Gasteiger partial charge >= 0.3 is 0 Å². The highest BCUT2D eigenvalue weighted by Crippen LogP contribution is 2.26. The quantitative estimate of drug-likeness (QED) is 0.720. The Morgan fingerprint density at radius 2 is 1.55 bits per heavy atom. The van der Waals surface area contributed by atoms with Crippen LogP contribution in [-0.2, 0) is 0 Å². The van der Waals surface area contributed by atoms with E-state index in [4.69, 9.17) is 17.3 Å². The number of hydrogen-bond acceptors (Lipinski definition) is 2. The summed E-state index contributed by atoms with van der Waals surface area (Å²) < 4.78 is 0. The van der Waals surface area contributed by atoms with Crippen molar-refractivity contribution in [2.45, 2.75) is 58.5 Å². The van der Waals surface area contributed by atoms with Gasteiger partial charge in [0, 0.05) is 17.1 Å². The molecule has 0 aliphatic heterocycles. The van der Waals surface area contributed by atoms with Gasteiger partial charge in [-0.25, -0.2) is 0 Å². The van der Waals surface area contributed by atoms with E-state index >= 15 is 0 Å². The van der Waals surface area contributed by atoms with Gasteiger partial charge < -0.3 is 5.73 Å². The van der Waals surface area contributed by atoms with E-state index in [1.807, 2.05) is 12.1 Å². The maximum absolute atomic E-state index is 6.28. The van der Waals surface area contributed by atoms with Crippen molar-refractivity contribution in [3.8, 4) is 0 Å². The normalized spacial score (nSPS) is 14.5. The molecule has 114 valence electrons. The van der Waals surface area contributed by atoms with Crippen molar-refractivity contribution < 1.29 is 0 Å². The van der Waals surface area contributed by atoms with Gasteiger partial charge in [-0.2, -0.15) is 0 Å². The second-order valence-corrected chi connectivity index (χ2v) is 6.04. The topological polar surface area (TPSA) is 29.3 Å². The van der Waals surface area contributed by atoms with Crippen molar-refractivity contribution in [1.82, 2.24) is 4.90 Å². The first-order chi connectivity index (χ1) is 9.60. The fraction of sp³-hybridized carbons (Fsp3) is 0.647. The van der Waals surface area contributed by atoms with Crippen molar-refractivity contribution in [2.75, 3.05) is 13.1 Å². The molecule has 1 aromatic rings. The molecule has 1 aromatic carbocycles. The van der Waals surface area contributed by atoms with E-state index < -0.39 is 0 Å². The van der Waals surface area contributed by atoms with Crippen LogP contribution in [0.1, 0.15) is 58.1 Å². The first-order valence-corrected chi connectivity index (χ1v) is 8.23.